The summed E-state index contributed by atoms with van der Waals surface area (Å²) < 4.78 is 2.50. The van der Waals surface area contributed by atoms with Gasteiger partial charge in [0.1, 0.15) is 5.69 Å². The van der Waals surface area contributed by atoms with Gasteiger partial charge in [0.15, 0.2) is 0 Å². The van der Waals surface area contributed by atoms with Crippen molar-refractivity contribution in [2.24, 2.45) is 12.5 Å². The Labute approximate surface area is 88.1 Å². The molecule has 0 bridgehead atoms. The molecular formula is C10H17N3O2. The smallest absolute Gasteiger partial charge is 0.330 e. The van der Waals surface area contributed by atoms with Crippen LogP contribution in [-0.4, -0.2) is 9.13 Å². The second-order valence-corrected chi connectivity index (χ2v) is 4.93. The summed E-state index contributed by atoms with van der Waals surface area (Å²) in [6, 6.07) is 0. The van der Waals surface area contributed by atoms with Gasteiger partial charge in [-0.1, -0.05) is 20.8 Å². The second-order valence-electron chi connectivity index (χ2n) is 4.93. The van der Waals surface area contributed by atoms with E-state index in [1.165, 1.54) is 15.3 Å². The lowest BCUT2D eigenvalue weighted by Gasteiger charge is -2.19. The molecule has 84 valence electrons. The van der Waals surface area contributed by atoms with Gasteiger partial charge in [0.05, 0.1) is 0 Å². The van der Waals surface area contributed by atoms with Gasteiger partial charge >= 0.3 is 5.69 Å². The van der Waals surface area contributed by atoms with Crippen molar-refractivity contribution in [2.45, 2.75) is 27.3 Å². The van der Waals surface area contributed by atoms with E-state index in [9.17, 15) is 9.59 Å². The Hall–Kier alpha value is -1.52. The summed E-state index contributed by atoms with van der Waals surface area (Å²) in [6.07, 6.45) is 1.35. The van der Waals surface area contributed by atoms with Crippen molar-refractivity contribution in [3.63, 3.8) is 0 Å². The predicted molar refractivity (Wildman–Crippen MR) is 59.8 cm³/mol. The molecule has 0 aliphatic heterocycles. The quantitative estimate of drug-likeness (QED) is 0.720. The van der Waals surface area contributed by atoms with Crippen LogP contribution in [0.15, 0.2) is 15.8 Å². The minimum Gasteiger partial charge on any atom is -0.393 e. The first-order chi connectivity index (χ1) is 6.72. The van der Waals surface area contributed by atoms with E-state index < -0.39 is 5.56 Å². The summed E-state index contributed by atoms with van der Waals surface area (Å²) in [5.74, 6) is 0. The number of nitrogen functional groups attached to an aromatic ring is 1. The summed E-state index contributed by atoms with van der Waals surface area (Å²) in [5, 5.41) is 0. The van der Waals surface area contributed by atoms with Gasteiger partial charge < -0.3 is 10.3 Å². The molecule has 0 radical (unpaired) electrons. The van der Waals surface area contributed by atoms with Crippen molar-refractivity contribution in [3.8, 4) is 0 Å². The fraction of sp³-hybridized carbons (Fsp3) is 0.600. The summed E-state index contributed by atoms with van der Waals surface area (Å²) >= 11 is 0. The molecule has 1 heterocycles. The van der Waals surface area contributed by atoms with Crippen molar-refractivity contribution in [2.75, 3.05) is 5.73 Å². The fourth-order valence-corrected chi connectivity index (χ4v) is 1.37. The molecule has 15 heavy (non-hydrogen) atoms. The van der Waals surface area contributed by atoms with Gasteiger partial charge in [0, 0.05) is 19.8 Å². The first kappa shape index (κ1) is 11.6. The molecular weight excluding hydrogens is 194 g/mol. The Kier molecular flexibility index (Phi) is 2.75. The molecule has 1 aromatic rings. The van der Waals surface area contributed by atoms with Crippen LogP contribution in [0.3, 0.4) is 0 Å². The molecule has 0 unspecified atom stereocenters. The third-order valence-electron chi connectivity index (χ3n) is 1.99. The van der Waals surface area contributed by atoms with Crippen molar-refractivity contribution in [1.82, 2.24) is 9.13 Å². The molecule has 0 amide bonds. The first-order valence-electron chi connectivity index (χ1n) is 4.78. The Morgan fingerprint density at radius 1 is 1.33 bits per heavy atom. The molecule has 1 rings (SSSR count). The summed E-state index contributed by atoms with van der Waals surface area (Å²) in [7, 11) is 1.58. The van der Waals surface area contributed by atoms with Gasteiger partial charge in [0.25, 0.3) is 5.56 Å². The number of aryl methyl sites for hydroxylation is 1. The van der Waals surface area contributed by atoms with Crippen molar-refractivity contribution in [3.05, 3.63) is 27.0 Å². The number of hydrogen-bond acceptors (Lipinski definition) is 3. The highest BCUT2D eigenvalue weighted by atomic mass is 16.2. The van der Waals surface area contributed by atoms with Crippen LogP contribution in [0.5, 0.6) is 0 Å². The third-order valence-corrected chi connectivity index (χ3v) is 1.99. The Morgan fingerprint density at radius 2 is 1.87 bits per heavy atom. The summed E-state index contributed by atoms with van der Waals surface area (Å²) in [4.78, 5) is 23.3. The largest absolute Gasteiger partial charge is 0.393 e. The van der Waals surface area contributed by atoms with E-state index in [2.05, 4.69) is 0 Å². The Bertz CT molecular complexity index is 443. The van der Waals surface area contributed by atoms with Gasteiger partial charge in [-0.2, -0.15) is 0 Å². The van der Waals surface area contributed by atoms with Crippen LogP contribution in [0, 0.1) is 5.41 Å². The first-order valence-corrected chi connectivity index (χ1v) is 4.78. The molecule has 0 aliphatic carbocycles. The van der Waals surface area contributed by atoms with Crippen LogP contribution in [0.2, 0.25) is 0 Å². The standard InChI is InChI=1S/C10H17N3O2/c1-10(2,3)6-13-8(14)7(11)5-12(4)9(13)15/h5H,6,11H2,1-4H3. The highest BCUT2D eigenvalue weighted by Gasteiger charge is 2.16. The lowest BCUT2D eigenvalue weighted by atomic mass is 9.97. The zero-order valence-corrected chi connectivity index (χ0v) is 9.57. The summed E-state index contributed by atoms with van der Waals surface area (Å²) in [6.45, 7) is 6.25. The van der Waals surface area contributed by atoms with Crippen LogP contribution in [-0.2, 0) is 13.6 Å². The average molecular weight is 211 g/mol. The minimum absolute atomic E-state index is 0.0985. The van der Waals surface area contributed by atoms with Crippen molar-refractivity contribution >= 4 is 5.69 Å². The minimum atomic E-state index is -0.409. The molecule has 2 N–H and O–H groups in total. The maximum Gasteiger partial charge on any atom is 0.330 e. The molecule has 0 saturated carbocycles. The molecule has 0 atom stereocenters. The van der Waals surface area contributed by atoms with E-state index in [4.69, 9.17) is 5.73 Å². The van der Waals surface area contributed by atoms with Crippen LogP contribution >= 0.6 is 0 Å². The highest BCUT2D eigenvalue weighted by molar-refractivity contribution is 5.30. The van der Waals surface area contributed by atoms with E-state index in [0.717, 1.165) is 0 Å². The number of hydrogen-bond donors (Lipinski definition) is 1. The predicted octanol–water partition coefficient (Wildman–Crippen LogP) is 0.175. The maximum absolute atomic E-state index is 11.7. The Balaban J connectivity index is 3.41. The van der Waals surface area contributed by atoms with Crippen LogP contribution < -0.4 is 17.0 Å². The van der Waals surface area contributed by atoms with Gasteiger partial charge in [0.2, 0.25) is 0 Å². The zero-order chi connectivity index (χ0) is 11.8. The van der Waals surface area contributed by atoms with E-state index in [0.29, 0.717) is 6.54 Å². The maximum atomic E-state index is 11.7. The van der Waals surface area contributed by atoms with Gasteiger partial charge in [-0.15, -0.1) is 0 Å². The third kappa shape index (κ3) is 2.49. The Morgan fingerprint density at radius 3 is 2.33 bits per heavy atom. The lowest BCUT2D eigenvalue weighted by Crippen LogP contribution is -2.42. The number of nitrogens with two attached hydrogens (primary N) is 1. The topological polar surface area (TPSA) is 70.0 Å². The number of nitrogens with zero attached hydrogens (tertiary/aromatic N) is 2. The van der Waals surface area contributed by atoms with Gasteiger partial charge in [-0.3, -0.25) is 9.36 Å². The second kappa shape index (κ2) is 3.56. The molecule has 0 aromatic carbocycles. The van der Waals surface area contributed by atoms with E-state index in [1.807, 2.05) is 20.8 Å². The summed E-state index contributed by atoms with van der Waals surface area (Å²) in [5.41, 5.74) is 4.74. The van der Waals surface area contributed by atoms with Crippen LogP contribution in [0.4, 0.5) is 5.69 Å². The molecule has 0 aliphatic rings. The zero-order valence-electron chi connectivity index (χ0n) is 9.57. The van der Waals surface area contributed by atoms with Crippen LogP contribution in [0.1, 0.15) is 20.8 Å². The molecule has 0 spiro atoms. The normalized spacial score (nSPS) is 11.7. The monoisotopic (exact) mass is 211 g/mol. The molecule has 5 nitrogen and oxygen atoms in total. The van der Waals surface area contributed by atoms with Crippen molar-refractivity contribution in [1.29, 1.82) is 0 Å². The molecule has 0 saturated heterocycles. The number of anilines is 1. The SMILES string of the molecule is Cn1cc(N)c(=O)n(CC(C)(C)C)c1=O. The molecule has 1 aromatic heterocycles. The fourth-order valence-electron chi connectivity index (χ4n) is 1.37. The van der Waals surface area contributed by atoms with Crippen molar-refractivity contribution < 1.29 is 0 Å². The molecule has 5 heteroatoms. The average Bonchev–Trinajstić information content (AvgIpc) is 2.08. The van der Waals surface area contributed by atoms with E-state index in [1.54, 1.807) is 7.05 Å². The lowest BCUT2D eigenvalue weighted by molar-refractivity contribution is 0.327. The highest BCUT2D eigenvalue weighted by Crippen LogP contribution is 2.13. The van der Waals surface area contributed by atoms with Crippen LogP contribution in [0.25, 0.3) is 0 Å². The number of aromatic nitrogens is 2. The van der Waals surface area contributed by atoms with Gasteiger partial charge in [-0.25, -0.2) is 4.79 Å². The molecule has 0 fully saturated rings. The van der Waals surface area contributed by atoms with E-state index in [-0.39, 0.29) is 16.8 Å². The van der Waals surface area contributed by atoms with Gasteiger partial charge in [-0.05, 0) is 5.41 Å². The number of rotatable bonds is 1. The van der Waals surface area contributed by atoms with E-state index >= 15 is 0 Å².